The zero-order valence-corrected chi connectivity index (χ0v) is 15.4. The highest BCUT2D eigenvalue weighted by Gasteiger charge is 2.23. The fraction of sp³-hybridized carbons (Fsp3) is 0.136. The third kappa shape index (κ3) is 4.06. The summed E-state index contributed by atoms with van der Waals surface area (Å²) in [6, 6.07) is 27.7. The van der Waals surface area contributed by atoms with E-state index in [-0.39, 0.29) is 11.9 Å². The molecule has 0 fully saturated rings. The van der Waals surface area contributed by atoms with E-state index in [1.54, 1.807) is 18.0 Å². The van der Waals surface area contributed by atoms with Gasteiger partial charge in [0.1, 0.15) is 0 Å². The number of carbonyl (C=O) groups excluding carboxylic acids is 1. The number of amides is 2. The van der Waals surface area contributed by atoms with Crippen molar-refractivity contribution in [2.45, 2.75) is 5.92 Å². The Morgan fingerprint density at radius 1 is 0.885 bits per heavy atom. The van der Waals surface area contributed by atoms with Crippen LogP contribution in [0.25, 0.3) is 0 Å². The van der Waals surface area contributed by atoms with E-state index in [0.29, 0.717) is 17.3 Å². The Morgan fingerprint density at radius 3 is 1.88 bits per heavy atom. The lowest BCUT2D eigenvalue weighted by Gasteiger charge is -2.29. The van der Waals surface area contributed by atoms with Gasteiger partial charge in [-0.1, -0.05) is 84.4 Å². The molecule has 0 aromatic heterocycles. The summed E-state index contributed by atoms with van der Waals surface area (Å²) in [7, 11) is 1.63. The molecule has 3 aromatic rings. The lowest BCUT2D eigenvalue weighted by atomic mass is 9.90. The van der Waals surface area contributed by atoms with Gasteiger partial charge in [-0.05, 0) is 23.3 Å². The summed E-state index contributed by atoms with van der Waals surface area (Å²) in [4.78, 5) is 14.3. The van der Waals surface area contributed by atoms with Gasteiger partial charge < -0.3 is 5.32 Å². The Hall–Kier alpha value is -2.78. The number of para-hydroxylation sites is 1. The maximum absolute atomic E-state index is 12.6. The molecule has 0 unspecified atom stereocenters. The Morgan fingerprint density at radius 2 is 1.38 bits per heavy atom. The summed E-state index contributed by atoms with van der Waals surface area (Å²) < 4.78 is 0. The van der Waals surface area contributed by atoms with E-state index in [1.807, 2.05) is 54.6 Å². The van der Waals surface area contributed by atoms with E-state index in [9.17, 15) is 4.79 Å². The summed E-state index contributed by atoms with van der Waals surface area (Å²) in [5, 5.41) is 3.28. The van der Waals surface area contributed by atoms with Crippen molar-refractivity contribution in [1.29, 1.82) is 0 Å². The van der Waals surface area contributed by atoms with Crippen molar-refractivity contribution in [1.82, 2.24) is 5.32 Å². The number of nitrogens with zero attached hydrogens (tertiary/aromatic N) is 1. The van der Waals surface area contributed by atoms with Crippen molar-refractivity contribution in [3.63, 3.8) is 0 Å². The van der Waals surface area contributed by atoms with E-state index in [0.717, 1.165) is 11.1 Å². The third-order valence-corrected chi connectivity index (χ3v) is 4.69. The number of rotatable bonds is 5. The SMILES string of the molecule is CNC(=O)N(CC(c1ccccc1)c1ccccc1)c1ccccc1Cl. The van der Waals surface area contributed by atoms with E-state index in [2.05, 4.69) is 29.6 Å². The van der Waals surface area contributed by atoms with Crippen LogP contribution in [0.1, 0.15) is 17.0 Å². The molecule has 1 N–H and O–H groups in total. The summed E-state index contributed by atoms with van der Waals surface area (Å²) in [6.07, 6.45) is 0. The average Bonchev–Trinajstić information content (AvgIpc) is 2.70. The number of hydrogen-bond donors (Lipinski definition) is 1. The molecular formula is C22H21ClN2O. The number of hydrogen-bond acceptors (Lipinski definition) is 1. The highest BCUT2D eigenvalue weighted by atomic mass is 35.5. The first kappa shape index (κ1) is 18.0. The van der Waals surface area contributed by atoms with Crippen LogP contribution >= 0.6 is 11.6 Å². The van der Waals surface area contributed by atoms with E-state index < -0.39 is 0 Å². The van der Waals surface area contributed by atoms with Crippen LogP contribution in [-0.4, -0.2) is 19.6 Å². The first-order valence-corrected chi connectivity index (χ1v) is 8.92. The van der Waals surface area contributed by atoms with Gasteiger partial charge in [-0.25, -0.2) is 4.79 Å². The summed E-state index contributed by atoms with van der Waals surface area (Å²) in [5.41, 5.74) is 3.00. The zero-order valence-electron chi connectivity index (χ0n) is 14.6. The maximum atomic E-state index is 12.6. The second-order valence-electron chi connectivity index (χ2n) is 5.99. The molecule has 0 atom stereocenters. The first-order valence-electron chi connectivity index (χ1n) is 8.54. The molecule has 132 valence electrons. The number of benzene rings is 3. The van der Waals surface area contributed by atoms with E-state index in [1.165, 1.54) is 0 Å². The molecule has 0 saturated carbocycles. The van der Waals surface area contributed by atoms with E-state index >= 15 is 0 Å². The minimum atomic E-state index is -0.185. The van der Waals surface area contributed by atoms with Crippen LogP contribution in [0.5, 0.6) is 0 Å². The molecule has 0 saturated heterocycles. The number of carbonyl (C=O) groups is 1. The van der Waals surface area contributed by atoms with Crippen LogP contribution in [0.4, 0.5) is 10.5 Å². The smallest absolute Gasteiger partial charge is 0.321 e. The lowest BCUT2D eigenvalue weighted by molar-refractivity contribution is 0.248. The average molecular weight is 365 g/mol. The highest BCUT2D eigenvalue weighted by molar-refractivity contribution is 6.33. The summed E-state index contributed by atoms with van der Waals surface area (Å²) in [6.45, 7) is 0.484. The molecule has 0 spiro atoms. The van der Waals surface area contributed by atoms with Crippen molar-refractivity contribution in [3.8, 4) is 0 Å². The zero-order chi connectivity index (χ0) is 18.4. The van der Waals surface area contributed by atoms with Gasteiger partial charge in [-0.2, -0.15) is 0 Å². The summed E-state index contributed by atoms with van der Waals surface area (Å²) in [5.74, 6) is 0.0333. The van der Waals surface area contributed by atoms with Gasteiger partial charge in [0.05, 0.1) is 10.7 Å². The molecule has 0 aliphatic rings. The number of anilines is 1. The van der Waals surface area contributed by atoms with Crippen LogP contribution < -0.4 is 10.2 Å². The number of halogens is 1. The molecule has 0 aliphatic heterocycles. The quantitative estimate of drug-likeness (QED) is 0.653. The minimum absolute atomic E-state index is 0.0333. The Kier molecular flexibility index (Phi) is 5.92. The van der Waals surface area contributed by atoms with Crippen molar-refractivity contribution in [2.75, 3.05) is 18.5 Å². The second kappa shape index (κ2) is 8.54. The molecule has 3 rings (SSSR count). The standard InChI is InChI=1S/C22H21ClN2O/c1-24-22(26)25(21-15-9-8-14-20(21)23)16-19(17-10-4-2-5-11-17)18-12-6-3-7-13-18/h2-15,19H,16H2,1H3,(H,24,26). The van der Waals surface area contributed by atoms with Crippen LogP contribution in [-0.2, 0) is 0 Å². The van der Waals surface area contributed by atoms with Gasteiger partial charge in [-0.3, -0.25) is 4.90 Å². The third-order valence-electron chi connectivity index (χ3n) is 4.37. The van der Waals surface area contributed by atoms with Gasteiger partial charge in [0, 0.05) is 19.5 Å². The van der Waals surface area contributed by atoms with Gasteiger partial charge in [0.2, 0.25) is 0 Å². The molecule has 0 bridgehead atoms. The molecule has 3 nitrogen and oxygen atoms in total. The van der Waals surface area contributed by atoms with Crippen molar-refractivity contribution in [2.24, 2.45) is 0 Å². The Bertz CT molecular complexity index is 813. The van der Waals surface area contributed by atoms with Crippen LogP contribution in [0.2, 0.25) is 5.02 Å². The van der Waals surface area contributed by atoms with Gasteiger partial charge in [0.15, 0.2) is 0 Å². The van der Waals surface area contributed by atoms with Crippen LogP contribution in [0.3, 0.4) is 0 Å². The molecule has 4 heteroatoms. The van der Waals surface area contributed by atoms with Crippen molar-refractivity contribution < 1.29 is 4.79 Å². The first-order chi connectivity index (χ1) is 12.7. The summed E-state index contributed by atoms with van der Waals surface area (Å²) >= 11 is 6.37. The van der Waals surface area contributed by atoms with Gasteiger partial charge in [-0.15, -0.1) is 0 Å². The second-order valence-corrected chi connectivity index (χ2v) is 6.40. The lowest BCUT2D eigenvalue weighted by Crippen LogP contribution is -2.41. The minimum Gasteiger partial charge on any atom is -0.341 e. The Balaban J connectivity index is 2.03. The molecule has 0 radical (unpaired) electrons. The fourth-order valence-electron chi connectivity index (χ4n) is 3.05. The molecular weight excluding hydrogens is 344 g/mol. The predicted molar refractivity (Wildman–Crippen MR) is 108 cm³/mol. The largest absolute Gasteiger partial charge is 0.341 e. The van der Waals surface area contributed by atoms with E-state index in [4.69, 9.17) is 11.6 Å². The monoisotopic (exact) mass is 364 g/mol. The maximum Gasteiger partial charge on any atom is 0.321 e. The predicted octanol–water partition coefficient (Wildman–Crippen LogP) is 5.32. The highest BCUT2D eigenvalue weighted by Crippen LogP contribution is 2.31. The molecule has 3 aromatic carbocycles. The number of nitrogens with one attached hydrogen (secondary N) is 1. The van der Waals surface area contributed by atoms with Crippen molar-refractivity contribution in [3.05, 3.63) is 101 Å². The molecule has 2 amide bonds. The number of urea groups is 1. The Labute approximate surface area is 159 Å². The molecule has 0 aliphatic carbocycles. The normalized spacial score (nSPS) is 10.6. The topological polar surface area (TPSA) is 32.3 Å². The van der Waals surface area contributed by atoms with Crippen LogP contribution in [0, 0.1) is 0 Å². The van der Waals surface area contributed by atoms with Crippen molar-refractivity contribution >= 4 is 23.3 Å². The fourth-order valence-corrected chi connectivity index (χ4v) is 3.29. The molecule has 26 heavy (non-hydrogen) atoms. The van der Waals surface area contributed by atoms with Crippen LogP contribution in [0.15, 0.2) is 84.9 Å². The molecule has 0 heterocycles. The van der Waals surface area contributed by atoms with Gasteiger partial charge in [0.25, 0.3) is 0 Å². The van der Waals surface area contributed by atoms with Gasteiger partial charge >= 0.3 is 6.03 Å².